The van der Waals surface area contributed by atoms with Crippen LogP contribution in [0.15, 0.2) is 42.7 Å². The number of anilines is 1. The molecule has 3 amide bonds. The molecule has 1 spiro atoms. The van der Waals surface area contributed by atoms with Gasteiger partial charge in [-0.1, -0.05) is 30.3 Å². The smallest absolute Gasteiger partial charge is 0.322 e. The average molecular weight is 409 g/mol. The van der Waals surface area contributed by atoms with Crippen LogP contribution in [0.1, 0.15) is 48.3 Å². The van der Waals surface area contributed by atoms with E-state index in [1.54, 1.807) is 4.90 Å². The first kappa shape index (κ1) is 20.3. The summed E-state index contributed by atoms with van der Waals surface area (Å²) in [6.07, 6.45) is 7.62. The zero-order chi connectivity index (χ0) is 21.4. The summed E-state index contributed by atoms with van der Waals surface area (Å²) >= 11 is 0. The maximum Gasteiger partial charge on any atom is 0.322 e. The van der Waals surface area contributed by atoms with Crippen LogP contribution in [0.25, 0.3) is 0 Å². The zero-order valence-electron chi connectivity index (χ0n) is 17.5. The fraction of sp³-hybridized carbons (Fsp3) is 0.455. The molecule has 2 aromatic rings. The number of hydrogen-bond donors (Lipinski definition) is 2. The van der Waals surface area contributed by atoms with E-state index >= 15 is 0 Å². The van der Waals surface area contributed by atoms with Crippen molar-refractivity contribution in [2.24, 2.45) is 5.73 Å². The lowest BCUT2D eigenvalue weighted by Crippen LogP contribution is -2.63. The highest BCUT2D eigenvalue weighted by Gasteiger charge is 2.47. The topological polar surface area (TPSA) is 104 Å². The van der Waals surface area contributed by atoms with Crippen LogP contribution < -0.4 is 16.0 Å². The monoisotopic (exact) mass is 408 g/mol. The third-order valence-corrected chi connectivity index (χ3v) is 6.80. The number of hydrogen-bond acceptors (Lipinski definition) is 5. The predicted molar refractivity (Wildman–Crippen MR) is 114 cm³/mol. The lowest BCUT2D eigenvalue weighted by atomic mass is 9.67. The number of nitrogens with two attached hydrogens (primary N) is 1. The Kier molecular flexibility index (Phi) is 5.19. The average Bonchev–Trinajstić information content (AvgIpc) is 2.75. The summed E-state index contributed by atoms with van der Waals surface area (Å²) in [6.45, 7) is 0.589. The number of nitrogens with one attached hydrogen (secondary N) is 1. The highest BCUT2D eigenvalue weighted by molar-refractivity contribution is 5.93. The molecule has 4 rings (SSSR count). The molecule has 8 nitrogen and oxygen atoms in total. The van der Waals surface area contributed by atoms with Gasteiger partial charge < -0.3 is 11.1 Å². The molecule has 1 aromatic carbocycles. The first-order valence-corrected chi connectivity index (χ1v) is 10.3. The Morgan fingerprint density at radius 2 is 1.70 bits per heavy atom. The molecular weight excluding hydrogens is 380 g/mol. The van der Waals surface area contributed by atoms with Crippen LogP contribution in [0.2, 0.25) is 0 Å². The first-order valence-electron chi connectivity index (χ1n) is 10.3. The van der Waals surface area contributed by atoms with Gasteiger partial charge >= 0.3 is 6.03 Å². The van der Waals surface area contributed by atoms with Crippen molar-refractivity contribution in [1.82, 2.24) is 20.2 Å². The molecule has 1 aromatic heterocycles. The molecule has 0 unspecified atom stereocenters. The first-order chi connectivity index (χ1) is 14.4. The number of urea groups is 1. The molecule has 2 heterocycles. The summed E-state index contributed by atoms with van der Waals surface area (Å²) in [5.74, 6) is -0.741. The van der Waals surface area contributed by atoms with Gasteiger partial charge in [-0.05, 0) is 51.8 Å². The van der Waals surface area contributed by atoms with Crippen LogP contribution in [-0.2, 0) is 5.54 Å². The number of carbonyl (C=O) groups excluding carboxylic acids is 2. The SMILES string of the molecule is CN(C)[C@]1(c2ccccc2)CC[C@@]2(CCN(c3cnc(C(N)=O)nc3)C(=O)N2)CC1. The van der Waals surface area contributed by atoms with E-state index in [0.717, 1.165) is 32.1 Å². The van der Waals surface area contributed by atoms with Crippen LogP contribution in [0.5, 0.6) is 0 Å². The van der Waals surface area contributed by atoms with Crippen LogP contribution in [-0.4, -0.2) is 53.0 Å². The lowest BCUT2D eigenvalue weighted by Gasteiger charge is -2.52. The lowest BCUT2D eigenvalue weighted by molar-refractivity contribution is 0.0526. The highest BCUT2D eigenvalue weighted by Crippen LogP contribution is 2.46. The van der Waals surface area contributed by atoms with Crippen molar-refractivity contribution in [2.45, 2.75) is 43.2 Å². The Labute approximate surface area is 176 Å². The number of rotatable bonds is 4. The van der Waals surface area contributed by atoms with Gasteiger partial charge in [0.25, 0.3) is 5.91 Å². The van der Waals surface area contributed by atoms with Crippen molar-refractivity contribution >= 4 is 17.6 Å². The Hall–Kier alpha value is -3.00. The number of amides is 3. The van der Waals surface area contributed by atoms with Crippen LogP contribution in [0.4, 0.5) is 10.5 Å². The third-order valence-electron chi connectivity index (χ3n) is 6.80. The molecule has 1 saturated heterocycles. The fourth-order valence-electron chi connectivity index (χ4n) is 4.88. The van der Waals surface area contributed by atoms with Crippen LogP contribution >= 0.6 is 0 Å². The number of aromatic nitrogens is 2. The molecule has 0 radical (unpaired) electrons. The van der Waals surface area contributed by atoms with Gasteiger partial charge in [0.15, 0.2) is 0 Å². The van der Waals surface area contributed by atoms with E-state index in [0.29, 0.717) is 12.2 Å². The Bertz CT molecular complexity index is 920. The minimum Gasteiger partial charge on any atom is -0.363 e. The molecule has 30 heavy (non-hydrogen) atoms. The van der Waals surface area contributed by atoms with Crippen molar-refractivity contribution in [3.8, 4) is 0 Å². The van der Waals surface area contributed by atoms with Gasteiger partial charge in [0.05, 0.1) is 18.1 Å². The summed E-state index contributed by atoms with van der Waals surface area (Å²) in [7, 11) is 4.28. The molecule has 8 heteroatoms. The highest BCUT2D eigenvalue weighted by atomic mass is 16.2. The van der Waals surface area contributed by atoms with Gasteiger partial charge in [-0.2, -0.15) is 0 Å². The van der Waals surface area contributed by atoms with Crippen molar-refractivity contribution in [1.29, 1.82) is 0 Å². The van der Waals surface area contributed by atoms with Gasteiger partial charge in [0, 0.05) is 17.6 Å². The van der Waals surface area contributed by atoms with Crippen molar-refractivity contribution in [3.63, 3.8) is 0 Å². The van der Waals surface area contributed by atoms with Crippen LogP contribution in [0, 0.1) is 0 Å². The molecular formula is C22H28N6O2. The normalized spacial score (nSPS) is 26.6. The maximum atomic E-state index is 12.9. The molecule has 1 aliphatic heterocycles. The second kappa shape index (κ2) is 7.68. The largest absolute Gasteiger partial charge is 0.363 e. The van der Waals surface area contributed by atoms with Gasteiger partial charge in [0.1, 0.15) is 0 Å². The molecule has 2 fully saturated rings. The second-order valence-corrected chi connectivity index (χ2v) is 8.53. The van der Waals surface area contributed by atoms with E-state index in [1.807, 2.05) is 6.07 Å². The van der Waals surface area contributed by atoms with Gasteiger partial charge in [-0.25, -0.2) is 14.8 Å². The van der Waals surface area contributed by atoms with Crippen molar-refractivity contribution in [2.75, 3.05) is 25.5 Å². The van der Waals surface area contributed by atoms with E-state index in [2.05, 4.69) is 58.5 Å². The second-order valence-electron chi connectivity index (χ2n) is 8.53. The van der Waals surface area contributed by atoms with Gasteiger partial charge in [-0.15, -0.1) is 0 Å². The standard InChI is InChI=1S/C22H28N6O2/c1-27(2)22(16-6-4-3-5-7-16)10-8-21(9-11-22)12-13-28(20(30)26-21)17-14-24-19(18(23)29)25-15-17/h3-7,14-15H,8-13H2,1-2H3,(H2,23,29)(H,26,30)/t21-,22+. The number of nitrogens with zero attached hydrogens (tertiary/aromatic N) is 4. The predicted octanol–water partition coefficient (Wildman–Crippen LogP) is 2.27. The quantitative estimate of drug-likeness (QED) is 0.808. The van der Waals surface area contributed by atoms with Crippen molar-refractivity contribution in [3.05, 3.63) is 54.1 Å². The molecule has 1 saturated carbocycles. The zero-order valence-corrected chi connectivity index (χ0v) is 17.5. The Morgan fingerprint density at radius 3 is 2.23 bits per heavy atom. The minimum absolute atomic E-state index is 0.00714. The van der Waals surface area contributed by atoms with E-state index < -0.39 is 5.91 Å². The third kappa shape index (κ3) is 3.52. The van der Waals surface area contributed by atoms with Gasteiger partial charge in [0.2, 0.25) is 5.82 Å². The molecule has 2 aliphatic rings. The Morgan fingerprint density at radius 1 is 1.07 bits per heavy atom. The van der Waals surface area contributed by atoms with Gasteiger partial charge in [-0.3, -0.25) is 14.6 Å². The number of primary amides is 1. The summed E-state index contributed by atoms with van der Waals surface area (Å²) in [6, 6.07) is 10.5. The number of carbonyl (C=O) groups is 2. The minimum atomic E-state index is -0.686. The van der Waals surface area contributed by atoms with Crippen LogP contribution in [0.3, 0.4) is 0 Å². The molecule has 1 aliphatic carbocycles. The maximum absolute atomic E-state index is 12.9. The van der Waals surface area contributed by atoms with E-state index in [-0.39, 0.29) is 22.9 Å². The molecule has 3 N–H and O–H groups in total. The summed E-state index contributed by atoms with van der Waals surface area (Å²) in [5.41, 5.74) is 6.89. The molecule has 158 valence electrons. The summed E-state index contributed by atoms with van der Waals surface area (Å²) in [5, 5.41) is 3.27. The fourth-order valence-corrected chi connectivity index (χ4v) is 4.88. The van der Waals surface area contributed by atoms with E-state index in [9.17, 15) is 9.59 Å². The van der Waals surface area contributed by atoms with Crippen molar-refractivity contribution < 1.29 is 9.59 Å². The van der Waals surface area contributed by atoms with E-state index in [1.165, 1.54) is 18.0 Å². The Balaban J connectivity index is 1.47. The molecule has 0 atom stereocenters. The molecule has 0 bridgehead atoms. The number of benzene rings is 1. The van der Waals surface area contributed by atoms with E-state index in [4.69, 9.17) is 5.73 Å². The summed E-state index contributed by atoms with van der Waals surface area (Å²) < 4.78 is 0. The summed E-state index contributed by atoms with van der Waals surface area (Å²) in [4.78, 5) is 35.9.